The van der Waals surface area contributed by atoms with Crippen LogP contribution in [0, 0.1) is 0 Å². The molecule has 6 heteroatoms. The van der Waals surface area contributed by atoms with Gasteiger partial charge in [0.05, 0.1) is 12.2 Å². The molecule has 0 aliphatic carbocycles. The fourth-order valence-corrected chi connectivity index (χ4v) is 2.33. The van der Waals surface area contributed by atoms with E-state index in [1.54, 1.807) is 6.20 Å². The number of pyridine rings is 1. The van der Waals surface area contributed by atoms with E-state index in [1.165, 1.54) is 0 Å². The van der Waals surface area contributed by atoms with Crippen molar-refractivity contribution in [3.8, 4) is 11.3 Å². The van der Waals surface area contributed by atoms with Gasteiger partial charge in [0.2, 0.25) is 5.91 Å². The Hall–Kier alpha value is -2.89. The first kappa shape index (κ1) is 14.1. The second-order valence-corrected chi connectivity index (χ2v) is 5.09. The molecule has 22 heavy (non-hydrogen) atoms. The molecule has 0 bridgehead atoms. The highest BCUT2D eigenvalue weighted by Gasteiger charge is 2.36. The van der Waals surface area contributed by atoms with Crippen molar-refractivity contribution in [3.05, 3.63) is 54.2 Å². The highest BCUT2D eigenvalue weighted by molar-refractivity contribution is 5.90. The van der Waals surface area contributed by atoms with Gasteiger partial charge in [0.25, 0.3) is 0 Å². The van der Waals surface area contributed by atoms with Crippen molar-refractivity contribution >= 4 is 12.0 Å². The lowest BCUT2D eigenvalue weighted by molar-refractivity contribution is -0.132. The number of nitrogens with one attached hydrogen (secondary N) is 1. The lowest BCUT2D eigenvalue weighted by atomic mass is 10.1. The molecule has 2 amide bonds. The van der Waals surface area contributed by atoms with Crippen LogP contribution in [0.2, 0.25) is 0 Å². The third-order valence-electron chi connectivity index (χ3n) is 3.64. The summed E-state index contributed by atoms with van der Waals surface area (Å²) in [6.07, 6.45) is 0.543. The Bertz CT molecular complexity index is 686. The molecule has 6 nitrogen and oxygen atoms in total. The average Bonchev–Trinajstić information content (AvgIpc) is 2.54. The predicted octanol–water partition coefficient (Wildman–Crippen LogP) is 1.73. The SMILES string of the molecule is O=C1NC[C@@H]1N(Cc1ccc(-c2ccccc2)nc1)C(=O)O. The van der Waals surface area contributed by atoms with E-state index in [-0.39, 0.29) is 12.5 Å². The fourth-order valence-electron chi connectivity index (χ4n) is 2.33. The molecule has 1 saturated heterocycles. The molecule has 1 aromatic heterocycles. The summed E-state index contributed by atoms with van der Waals surface area (Å²) >= 11 is 0. The first-order valence-corrected chi connectivity index (χ1v) is 6.93. The molecular formula is C16H15N3O3. The van der Waals surface area contributed by atoms with Gasteiger partial charge >= 0.3 is 6.09 Å². The van der Waals surface area contributed by atoms with E-state index in [9.17, 15) is 14.7 Å². The topological polar surface area (TPSA) is 82.5 Å². The zero-order valence-electron chi connectivity index (χ0n) is 11.8. The number of aromatic nitrogens is 1. The summed E-state index contributed by atoms with van der Waals surface area (Å²) in [5.74, 6) is -0.253. The van der Waals surface area contributed by atoms with Gasteiger partial charge in [-0.1, -0.05) is 36.4 Å². The minimum atomic E-state index is -1.10. The Morgan fingerprint density at radius 3 is 2.55 bits per heavy atom. The second-order valence-electron chi connectivity index (χ2n) is 5.09. The van der Waals surface area contributed by atoms with E-state index < -0.39 is 12.1 Å². The number of carbonyl (C=O) groups excluding carboxylic acids is 1. The van der Waals surface area contributed by atoms with Crippen molar-refractivity contribution in [3.63, 3.8) is 0 Å². The number of carboxylic acid groups (broad SMARTS) is 1. The van der Waals surface area contributed by atoms with E-state index in [4.69, 9.17) is 0 Å². The minimum Gasteiger partial charge on any atom is -0.465 e. The van der Waals surface area contributed by atoms with Crippen LogP contribution in [0.3, 0.4) is 0 Å². The first-order chi connectivity index (χ1) is 10.6. The van der Waals surface area contributed by atoms with E-state index >= 15 is 0 Å². The molecule has 2 aromatic rings. The molecule has 2 N–H and O–H groups in total. The van der Waals surface area contributed by atoms with Gasteiger partial charge < -0.3 is 10.4 Å². The smallest absolute Gasteiger partial charge is 0.408 e. The molecule has 0 radical (unpaired) electrons. The number of amides is 2. The van der Waals surface area contributed by atoms with Crippen LogP contribution in [0.4, 0.5) is 4.79 Å². The number of β-lactam (4-membered cyclic amide) rings is 1. The molecule has 1 atom stereocenters. The van der Waals surface area contributed by atoms with Gasteiger partial charge in [-0.3, -0.25) is 14.7 Å². The summed E-state index contributed by atoms with van der Waals surface area (Å²) in [7, 11) is 0. The van der Waals surface area contributed by atoms with E-state index in [0.717, 1.165) is 21.7 Å². The Labute approximate surface area is 127 Å². The first-order valence-electron chi connectivity index (χ1n) is 6.93. The summed E-state index contributed by atoms with van der Waals surface area (Å²) < 4.78 is 0. The third-order valence-corrected chi connectivity index (χ3v) is 3.64. The van der Waals surface area contributed by atoms with Crippen molar-refractivity contribution in [2.75, 3.05) is 6.54 Å². The van der Waals surface area contributed by atoms with Gasteiger partial charge in [-0.05, 0) is 11.6 Å². The van der Waals surface area contributed by atoms with Crippen molar-refractivity contribution < 1.29 is 14.7 Å². The van der Waals surface area contributed by atoms with Crippen molar-refractivity contribution in [2.45, 2.75) is 12.6 Å². The molecule has 1 aliphatic heterocycles. The lowest BCUT2D eigenvalue weighted by Gasteiger charge is -2.34. The Balaban J connectivity index is 1.75. The summed E-state index contributed by atoms with van der Waals surface area (Å²) in [6, 6.07) is 12.8. The Morgan fingerprint density at radius 2 is 2.05 bits per heavy atom. The van der Waals surface area contributed by atoms with Crippen LogP contribution in [0.25, 0.3) is 11.3 Å². The molecule has 2 heterocycles. The zero-order chi connectivity index (χ0) is 15.5. The number of rotatable bonds is 4. The lowest BCUT2D eigenvalue weighted by Crippen LogP contribution is -2.62. The van der Waals surface area contributed by atoms with Crippen LogP contribution in [0.1, 0.15) is 5.56 Å². The third kappa shape index (κ3) is 2.76. The van der Waals surface area contributed by atoms with Crippen molar-refractivity contribution in [2.24, 2.45) is 0 Å². The maximum absolute atomic E-state index is 11.4. The zero-order valence-corrected chi connectivity index (χ0v) is 11.8. The molecule has 3 rings (SSSR count). The molecular weight excluding hydrogens is 282 g/mol. The van der Waals surface area contributed by atoms with Crippen LogP contribution in [0.15, 0.2) is 48.7 Å². The summed E-state index contributed by atoms with van der Waals surface area (Å²) in [4.78, 5) is 28.2. The van der Waals surface area contributed by atoms with Crippen LogP contribution >= 0.6 is 0 Å². The van der Waals surface area contributed by atoms with Gasteiger partial charge in [-0.15, -0.1) is 0 Å². The monoisotopic (exact) mass is 297 g/mol. The summed E-state index contributed by atoms with van der Waals surface area (Å²) in [5, 5.41) is 11.8. The van der Waals surface area contributed by atoms with Gasteiger partial charge in [0.15, 0.2) is 0 Å². The highest BCUT2D eigenvalue weighted by atomic mass is 16.4. The van der Waals surface area contributed by atoms with E-state index in [2.05, 4.69) is 10.3 Å². The standard InChI is InChI=1S/C16H15N3O3/c20-15-14(9-18-15)19(16(21)22)10-11-6-7-13(17-8-11)12-4-2-1-3-5-12/h1-8,14H,9-10H2,(H,18,20)(H,21,22)/t14-/m0/s1. The molecule has 1 fully saturated rings. The van der Waals surface area contributed by atoms with Crippen molar-refractivity contribution in [1.29, 1.82) is 0 Å². The number of nitrogens with zero attached hydrogens (tertiary/aromatic N) is 2. The maximum atomic E-state index is 11.4. The van der Waals surface area contributed by atoms with E-state index in [1.807, 2.05) is 42.5 Å². The molecule has 112 valence electrons. The second kappa shape index (κ2) is 5.85. The van der Waals surface area contributed by atoms with Crippen LogP contribution < -0.4 is 5.32 Å². The molecule has 0 unspecified atom stereocenters. The largest absolute Gasteiger partial charge is 0.465 e. The van der Waals surface area contributed by atoms with Crippen molar-refractivity contribution in [1.82, 2.24) is 15.2 Å². The molecule has 0 spiro atoms. The summed E-state index contributed by atoms with van der Waals surface area (Å²) in [5.41, 5.74) is 2.58. The van der Waals surface area contributed by atoms with Gasteiger partial charge in [-0.2, -0.15) is 0 Å². The van der Waals surface area contributed by atoms with Gasteiger partial charge in [-0.25, -0.2) is 4.79 Å². The normalized spacial score (nSPS) is 16.5. The van der Waals surface area contributed by atoms with E-state index in [0.29, 0.717) is 6.54 Å². The quantitative estimate of drug-likeness (QED) is 0.842. The highest BCUT2D eigenvalue weighted by Crippen LogP contribution is 2.18. The minimum absolute atomic E-state index is 0.148. The number of carbonyl (C=O) groups is 2. The number of benzene rings is 1. The summed E-state index contributed by atoms with van der Waals surface area (Å²) in [6.45, 7) is 0.510. The molecule has 0 saturated carbocycles. The van der Waals surface area contributed by atoms with Gasteiger partial charge in [0.1, 0.15) is 6.04 Å². The Kier molecular flexibility index (Phi) is 3.74. The van der Waals surface area contributed by atoms with Crippen LogP contribution in [0.5, 0.6) is 0 Å². The fraction of sp³-hybridized carbons (Fsp3) is 0.188. The van der Waals surface area contributed by atoms with Crippen LogP contribution in [-0.2, 0) is 11.3 Å². The molecule has 1 aliphatic rings. The average molecular weight is 297 g/mol. The van der Waals surface area contributed by atoms with Crippen LogP contribution in [-0.4, -0.2) is 39.6 Å². The number of hydrogen-bond donors (Lipinski definition) is 2. The maximum Gasteiger partial charge on any atom is 0.408 e. The predicted molar refractivity (Wildman–Crippen MR) is 80.0 cm³/mol. The van der Waals surface area contributed by atoms with Gasteiger partial charge in [0, 0.05) is 18.3 Å². The Morgan fingerprint density at radius 1 is 1.27 bits per heavy atom. The molecule has 1 aromatic carbocycles. The number of hydrogen-bond acceptors (Lipinski definition) is 3.